The van der Waals surface area contributed by atoms with Gasteiger partial charge in [0.05, 0.1) is 27.8 Å². The van der Waals surface area contributed by atoms with E-state index in [0.717, 1.165) is 6.21 Å². The summed E-state index contributed by atoms with van der Waals surface area (Å²) in [6.07, 6.45) is 1.14. The molecule has 0 saturated heterocycles. The summed E-state index contributed by atoms with van der Waals surface area (Å²) >= 11 is 0. The van der Waals surface area contributed by atoms with Crippen molar-refractivity contribution in [1.29, 1.82) is 0 Å². The summed E-state index contributed by atoms with van der Waals surface area (Å²) < 4.78 is 0. The van der Waals surface area contributed by atoms with Crippen LogP contribution in [0.2, 0.25) is 0 Å². The molecule has 0 spiro atoms. The highest BCUT2D eigenvalue weighted by atomic mass is 16.6. The average molecular weight is 295 g/mol. The van der Waals surface area contributed by atoms with Gasteiger partial charge in [-0.2, -0.15) is 10.1 Å². The number of carbonyl (C=O) groups excluding carboxylic acids is 2. The number of hydrogen-bond donors (Lipinski definition) is 0. The molecule has 0 aromatic heterocycles. The van der Waals surface area contributed by atoms with Crippen molar-refractivity contribution in [3.8, 4) is 0 Å². The lowest BCUT2D eigenvalue weighted by Crippen LogP contribution is -2.24. The van der Waals surface area contributed by atoms with Gasteiger partial charge in [0.15, 0.2) is 0 Å². The normalized spacial score (nSPS) is 13.7. The van der Waals surface area contributed by atoms with Crippen LogP contribution in [-0.4, -0.2) is 28.0 Å². The number of imide groups is 1. The molecule has 0 saturated carbocycles. The summed E-state index contributed by atoms with van der Waals surface area (Å²) in [5, 5.41) is 15.4. The highest BCUT2D eigenvalue weighted by Gasteiger charge is 2.35. The third-order valence-electron chi connectivity index (χ3n) is 3.22. The van der Waals surface area contributed by atoms with Gasteiger partial charge in [0.25, 0.3) is 17.5 Å². The predicted molar refractivity (Wildman–Crippen MR) is 77.6 cm³/mol. The fraction of sp³-hybridized carbons (Fsp3) is 0. The fourth-order valence-electron chi connectivity index (χ4n) is 2.16. The van der Waals surface area contributed by atoms with Gasteiger partial charge in [-0.3, -0.25) is 19.7 Å². The molecule has 0 fully saturated rings. The number of para-hydroxylation sites is 1. The number of carbonyl (C=O) groups is 2. The molecule has 7 nitrogen and oxygen atoms in total. The van der Waals surface area contributed by atoms with E-state index in [4.69, 9.17) is 0 Å². The van der Waals surface area contributed by atoms with Gasteiger partial charge in [-0.05, 0) is 18.2 Å². The van der Waals surface area contributed by atoms with Crippen molar-refractivity contribution in [3.05, 3.63) is 75.3 Å². The second-order valence-corrected chi connectivity index (χ2v) is 4.53. The highest BCUT2D eigenvalue weighted by Crippen LogP contribution is 2.23. The molecular weight excluding hydrogens is 286 g/mol. The molecule has 1 aliphatic rings. The van der Waals surface area contributed by atoms with Gasteiger partial charge in [0, 0.05) is 6.07 Å². The zero-order chi connectivity index (χ0) is 15.7. The first-order valence-corrected chi connectivity index (χ1v) is 6.35. The average Bonchev–Trinajstić information content (AvgIpc) is 2.77. The number of benzene rings is 2. The van der Waals surface area contributed by atoms with Crippen molar-refractivity contribution in [3.63, 3.8) is 0 Å². The van der Waals surface area contributed by atoms with E-state index >= 15 is 0 Å². The molecule has 3 rings (SSSR count). The van der Waals surface area contributed by atoms with Crippen LogP contribution in [0.5, 0.6) is 0 Å². The van der Waals surface area contributed by atoms with Gasteiger partial charge in [-0.25, -0.2) is 0 Å². The summed E-state index contributed by atoms with van der Waals surface area (Å²) in [6, 6.07) is 12.3. The van der Waals surface area contributed by atoms with Crippen LogP contribution in [0.25, 0.3) is 0 Å². The van der Waals surface area contributed by atoms with Gasteiger partial charge in [0.2, 0.25) is 0 Å². The second-order valence-electron chi connectivity index (χ2n) is 4.53. The maximum Gasteiger partial charge on any atom is 0.282 e. The Morgan fingerprint density at radius 3 is 2.09 bits per heavy atom. The molecule has 0 radical (unpaired) electrons. The van der Waals surface area contributed by atoms with E-state index < -0.39 is 16.7 Å². The number of fused-ring (bicyclic) bond motifs is 1. The summed E-state index contributed by atoms with van der Waals surface area (Å²) in [7, 11) is 0. The number of nitro groups is 1. The fourth-order valence-corrected chi connectivity index (χ4v) is 2.16. The molecule has 2 aromatic carbocycles. The summed E-state index contributed by atoms with van der Waals surface area (Å²) in [4.78, 5) is 34.6. The molecule has 2 aromatic rings. The Morgan fingerprint density at radius 1 is 0.955 bits per heavy atom. The van der Waals surface area contributed by atoms with E-state index in [-0.39, 0.29) is 22.4 Å². The predicted octanol–water partition coefficient (Wildman–Crippen LogP) is 2.22. The van der Waals surface area contributed by atoms with Gasteiger partial charge >= 0.3 is 0 Å². The van der Waals surface area contributed by atoms with Crippen molar-refractivity contribution < 1.29 is 14.5 Å². The van der Waals surface area contributed by atoms with Crippen LogP contribution in [-0.2, 0) is 0 Å². The lowest BCUT2D eigenvalue weighted by atomic mass is 10.1. The minimum absolute atomic E-state index is 0.150. The van der Waals surface area contributed by atoms with Crippen LogP contribution in [0.3, 0.4) is 0 Å². The lowest BCUT2D eigenvalue weighted by Gasteiger charge is -2.05. The molecular formula is C15H9N3O4. The molecule has 7 heteroatoms. The Kier molecular flexibility index (Phi) is 3.23. The quantitative estimate of drug-likeness (QED) is 0.375. The zero-order valence-corrected chi connectivity index (χ0v) is 11.2. The number of amides is 2. The Bertz CT molecular complexity index is 794. The van der Waals surface area contributed by atoms with Crippen LogP contribution < -0.4 is 0 Å². The molecule has 2 amide bonds. The standard InChI is InChI=1S/C15H9N3O4/c19-14-11-6-2-3-7-12(11)15(20)17(14)16-9-10-5-1-4-8-13(10)18(21)22/h1-9H/b16-9-. The molecule has 0 N–H and O–H groups in total. The van der Waals surface area contributed by atoms with E-state index in [1.54, 1.807) is 18.2 Å². The Morgan fingerprint density at radius 2 is 1.50 bits per heavy atom. The van der Waals surface area contributed by atoms with E-state index in [1.807, 2.05) is 0 Å². The first-order chi connectivity index (χ1) is 10.6. The van der Waals surface area contributed by atoms with E-state index in [2.05, 4.69) is 5.10 Å². The van der Waals surface area contributed by atoms with Crippen molar-refractivity contribution in [1.82, 2.24) is 5.01 Å². The minimum atomic E-state index is -0.552. The van der Waals surface area contributed by atoms with Crippen LogP contribution >= 0.6 is 0 Å². The summed E-state index contributed by atoms with van der Waals surface area (Å²) in [5.74, 6) is -1.09. The van der Waals surface area contributed by atoms with E-state index in [0.29, 0.717) is 5.01 Å². The second kappa shape index (κ2) is 5.21. The van der Waals surface area contributed by atoms with Gasteiger partial charge in [-0.1, -0.05) is 24.3 Å². The van der Waals surface area contributed by atoms with Gasteiger partial charge < -0.3 is 0 Å². The molecule has 1 heterocycles. The minimum Gasteiger partial charge on any atom is -0.267 e. The molecule has 1 aliphatic heterocycles. The third-order valence-corrected chi connectivity index (χ3v) is 3.22. The SMILES string of the molecule is O=C1c2ccccc2C(=O)N1/N=C\c1ccccc1[N+](=O)[O-]. The van der Waals surface area contributed by atoms with Crippen molar-refractivity contribution in [2.45, 2.75) is 0 Å². The number of hydrogen-bond acceptors (Lipinski definition) is 5. The molecule has 22 heavy (non-hydrogen) atoms. The molecule has 0 aliphatic carbocycles. The van der Waals surface area contributed by atoms with Crippen LogP contribution in [0.15, 0.2) is 53.6 Å². The lowest BCUT2D eigenvalue weighted by molar-refractivity contribution is -0.385. The Balaban J connectivity index is 1.94. The number of nitro benzene ring substituents is 1. The highest BCUT2D eigenvalue weighted by molar-refractivity contribution is 6.21. The summed E-state index contributed by atoms with van der Waals surface area (Å²) in [6.45, 7) is 0. The Labute approximate surface area is 124 Å². The first kappa shape index (κ1) is 13.6. The molecule has 108 valence electrons. The largest absolute Gasteiger partial charge is 0.282 e. The summed E-state index contributed by atoms with van der Waals surface area (Å²) in [5.41, 5.74) is 0.603. The number of hydrazone groups is 1. The van der Waals surface area contributed by atoms with Crippen molar-refractivity contribution >= 4 is 23.7 Å². The molecule has 0 atom stereocenters. The maximum atomic E-state index is 12.1. The van der Waals surface area contributed by atoms with Gasteiger partial charge in [-0.15, -0.1) is 0 Å². The van der Waals surface area contributed by atoms with Gasteiger partial charge in [0.1, 0.15) is 0 Å². The number of rotatable bonds is 3. The van der Waals surface area contributed by atoms with Crippen LogP contribution in [0.4, 0.5) is 5.69 Å². The monoisotopic (exact) mass is 295 g/mol. The smallest absolute Gasteiger partial charge is 0.267 e. The third kappa shape index (κ3) is 2.14. The molecule has 0 bridgehead atoms. The topological polar surface area (TPSA) is 92.9 Å². The number of nitrogens with zero attached hydrogens (tertiary/aromatic N) is 3. The van der Waals surface area contributed by atoms with Crippen molar-refractivity contribution in [2.24, 2.45) is 5.10 Å². The van der Waals surface area contributed by atoms with Crippen molar-refractivity contribution in [2.75, 3.05) is 0 Å². The van der Waals surface area contributed by atoms with Crippen LogP contribution in [0.1, 0.15) is 26.3 Å². The zero-order valence-electron chi connectivity index (χ0n) is 11.2. The first-order valence-electron chi connectivity index (χ1n) is 6.35. The maximum absolute atomic E-state index is 12.1. The van der Waals surface area contributed by atoms with E-state index in [9.17, 15) is 19.7 Å². The molecule has 0 unspecified atom stereocenters. The van der Waals surface area contributed by atoms with Crippen LogP contribution in [0, 0.1) is 10.1 Å². The Hall–Kier alpha value is -3.35. The van der Waals surface area contributed by atoms with E-state index in [1.165, 1.54) is 30.3 Å².